The lowest BCUT2D eigenvalue weighted by molar-refractivity contribution is 0.297. The van der Waals surface area contributed by atoms with Gasteiger partial charge in [-0.15, -0.1) is 11.3 Å². The summed E-state index contributed by atoms with van der Waals surface area (Å²) in [5.74, 6) is 1.65. The van der Waals surface area contributed by atoms with Gasteiger partial charge in [0.1, 0.15) is 0 Å². The second-order valence-corrected chi connectivity index (χ2v) is 5.00. The molecule has 0 amide bonds. The molecule has 0 saturated heterocycles. The molecule has 5 heteroatoms. The highest BCUT2D eigenvalue weighted by Gasteiger charge is 2.10. The maximum absolute atomic E-state index is 5.65. The molecule has 0 spiro atoms. The van der Waals surface area contributed by atoms with Crippen molar-refractivity contribution in [2.45, 2.75) is 13.0 Å². The van der Waals surface area contributed by atoms with E-state index in [0.717, 1.165) is 36.8 Å². The number of thiazole rings is 1. The molecule has 2 heterocycles. The first-order valence-electron chi connectivity index (χ1n) is 5.93. The van der Waals surface area contributed by atoms with Crippen LogP contribution in [0.2, 0.25) is 0 Å². The highest BCUT2D eigenvalue weighted by Crippen LogP contribution is 2.32. The molecule has 1 N–H and O–H groups in total. The number of fused-ring (bicyclic) bond motifs is 1. The summed E-state index contributed by atoms with van der Waals surface area (Å²) >= 11 is 1.64. The number of hydrogen-bond acceptors (Lipinski definition) is 5. The number of rotatable bonds is 3. The Labute approximate surface area is 110 Å². The van der Waals surface area contributed by atoms with Crippen molar-refractivity contribution in [3.8, 4) is 11.5 Å². The fraction of sp³-hybridized carbons (Fsp3) is 0.308. The number of aromatic nitrogens is 1. The minimum atomic E-state index is 0.714. The van der Waals surface area contributed by atoms with Crippen LogP contribution in [0.15, 0.2) is 29.9 Å². The number of hydrogen-bond donors (Lipinski definition) is 1. The third kappa shape index (κ3) is 2.56. The summed E-state index contributed by atoms with van der Waals surface area (Å²) in [4.78, 5) is 5.26. The Hall–Kier alpha value is -1.75. The fourth-order valence-corrected chi connectivity index (χ4v) is 2.33. The molecule has 0 aliphatic carbocycles. The Kier molecular flexibility index (Phi) is 3.32. The van der Waals surface area contributed by atoms with Gasteiger partial charge in [-0.2, -0.15) is 0 Å². The van der Waals surface area contributed by atoms with E-state index in [4.69, 9.17) is 9.47 Å². The Morgan fingerprint density at radius 3 is 2.94 bits per heavy atom. The van der Waals surface area contributed by atoms with Crippen molar-refractivity contribution in [2.75, 3.05) is 18.5 Å². The molecule has 0 fully saturated rings. The van der Waals surface area contributed by atoms with Crippen molar-refractivity contribution in [1.82, 2.24) is 4.98 Å². The number of anilines is 1. The van der Waals surface area contributed by atoms with E-state index in [1.807, 2.05) is 29.9 Å². The molecule has 0 radical (unpaired) electrons. The predicted molar refractivity (Wildman–Crippen MR) is 71.5 cm³/mol. The van der Waals surface area contributed by atoms with Gasteiger partial charge in [0, 0.05) is 29.2 Å². The van der Waals surface area contributed by atoms with E-state index < -0.39 is 0 Å². The van der Waals surface area contributed by atoms with Crippen LogP contribution >= 0.6 is 11.3 Å². The molecule has 2 aromatic rings. The van der Waals surface area contributed by atoms with Gasteiger partial charge in [-0.1, -0.05) is 0 Å². The first-order valence-corrected chi connectivity index (χ1v) is 6.81. The Morgan fingerprint density at radius 2 is 2.11 bits per heavy atom. The van der Waals surface area contributed by atoms with Crippen LogP contribution in [0.1, 0.15) is 11.3 Å². The molecule has 3 rings (SSSR count). The zero-order valence-electron chi connectivity index (χ0n) is 9.89. The molecule has 1 aliphatic rings. The molecule has 0 unspecified atom stereocenters. The van der Waals surface area contributed by atoms with Crippen molar-refractivity contribution in [3.05, 3.63) is 34.8 Å². The molecule has 0 saturated carbocycles. The van der Waals surface area contributed by atoms with E-state index in [-0.39, 0.29) is 0 Å². The molecule has 18 heavy (non-hydrogen) atoms. The summed E-state index contributed by atoms with van der Waals surface area (Å²) in [6.07, 6.45) is 2.80. The normalized spacial score (nSPS) is 14.0. The van der Waals surface area contributed by atoms with Crippen molar-refractivity contribution in [1.29, 1.82) is 0 Å². The maximum Gasteiger partial charge on any atom is 0.163 e. The van der Waals surface area contributed by atoms with Crippen LogP contribution in [0.3, 0.4) is 0 Å². The average molecular weight is 262 g/mol. The van der Waals surface area contributed by atoms with E-state index in [9.17, 15) is 0 Å². The van der Waals surface area contributed by atoms with E-state index in [2.05, 4.69) is 10.3 Å². The number of ether oxygens (including phenoxy) is 2. The minimum Gasteiger partial charge on any atom is -0.490 e. The lowest BCUT2D eigenvalue weighted by atomic mass is 10.2. The Balaban J connectivity index is 1.71. The number of benzene rings is 1. The van der Waals surface area contributed by atoms with Gasteiger partial charge in [0.15, 0.2) is 11.5 Å². The van der Waals surface area contributed by atoms with Crippen molar-refractivity contribution in [3.63, 3.8) is 0 Å². The molecule has 4 nitrogen and oxygen atoms in total. The van der Waals surface area contributed by atoms with Gasteiger partial charge >= 0.3 is 0 Å². The number of nitrogens with zero attached hydrogens (tertiary/aromatic N) is 1. The molecule has 94 valence electrons. The van der Waals surface area contributed by atoms with Crippen LogP contribution in [0, 0.1) is 0 Å². The predicted octanol–water partition coefficient (Wildman–Crippen LogP) is 2.92. The lowest BCUT2D eigenvalue weighted by Gasteiger charge is -2.10. The van der Waals surface area contributed by atoms with Gasteiger partial charge in [-0.05, 0) is 12.1 Å². The molecule has 1 aromatic heterocycles. The Bertz CT molecular complexity index is 514. The highest BCUT2D eigenvalue weighted by atomic mass is 32.1. The average Bonchev–Trinajstić information content (AvgIpc) is 2.80. The summed E-state index contributed by atoms with van der Waals surface area (Å²) in [6.45, 7) is 2.22. The molecule has 1 aromatic carbocycles. The molecular formula is C13H14N2O2S. The third-order valence-corrected chi connectivity index (χ3v) is 3.48. The molecule has 0 atom stereocenters. The first kappa shape index (κ1) is 11.3. The van der Waals surface area contributed by atoms with Crippen LogP contribution in [-0.2, 0) is 6.54 Å². The summed E-state index contributed by atoms with van der Waals surface area (Å²) in [6, 6.07) is 5.95. The van der Waals surface area contributed by atoms with Crippen molar-refractivity contribution < 1.29 is 9.47 Å². The van der Waals surface area contributed by atoms with E-state index >= 15 is 0 Å². The second kappa shape index (κ2) is 5.27. The summed E-state index contributed by atoms with van der Waals surface area (Å²) < 4.78 is 11.2. The molecule has 1 aliphatic heterocycles. The van der Waals surface area contributed by atoms with Crippen LogP contribution in [0.5, 0.6) is 11.5 Å². The van der Waals surface area contributed by atoms with E-state index in [1.165, 1.54) is 4.88 Å². The highest BCUT2D eigenvalue weighted by molar-refractivity contribution is 7.09. The topological polar surface area (TPSA) is 43.4 Å². The van der Waals surface area contributed by atoms with Gasteiger partial charge in [0.05, 0.1) is 25.3 Å². The second-order valence-electron chi connectivity index (χ2n) is 4.03. The monoisotopic (exact) mass is 262 g/mol. The Morgan fingerprint density at radius 1 is 1.22 bits per heavy atom. The number of nitrogens with one attached hydrogen (secondary N) is 1. The standard InChI is InChI=1S/C13H14N2O2S/c1-4-16-12-3-2-10(6-13(12)17-5-1)15-8-11-7-14-9-18-11/h2-3,6-7,9,15H,1,4-5,8H2. The quantitative estimate of drug-likeness (QED) is 0.923. The van der Waals surface area contributed by atoms with Gasteiger partial charge in [0.25, 0.3) is 0 Å². The van der Waals surface area contributed by atoms with E-state index in [1.54, 1.807) is 11.3 Å². The van der Waals surface area contributed by atoms with Gasteiger partial charge < -0.3 is 14.8 Å². The lowest BCUT2D eigenvalue weighted by Crippen LogP contribution is -1.99. The maximum atomic E-state index is 5.65. The summed E-state index contributed by atoms with van der Waals surface area (Å²) in [5, 5.41) is 3.35. The third-order valence-electron chi connectivity index (χ3n) is 2.70. The van der Waals surface area contributed by atoms with Crippen molar-refractivity contribution >= 4 is 17.0 Å². The zero-order valence-corrected chi connectivity index (χ0v) is 10.7. The fourth-order valence-electron chi connectivity index (χ4n) is 1.79. The SMILES string of the molecule is c1ncc(CNc2ccc3c(c2)OCCCO3)s1. The van der Waals surface area contributed by atoms with Gasteiger partial charge in [-0.3, -0.25) is 4.98 Å². The summed E-state index contributed by atoms with van der Waals surface area (Å²) in [7, 11) is 0. The van der Waals surface area contributed by atoms with Crippen molar-refractivity contribution in [2.24, 2.45) is 0 Å². The minimum absolute atomic E-state index is 0.714. The smallest absolute Gasteiger partial charge is 0.163 e. The van der Waals surface area contributed by atoms with Crippen LogP contribution in [-0.4, -0.2) is 18.2 Å². The van der Waals surface area contributed by atoms with Gasteiger partial charge in [0.2, 0.25) is 0 Å². The van der Waals surface area contributed by atoms with E-state index in [0.29, 0.717) is 6.61 Å². The molecular weight excluding hydrogens is 248 g/mol. The van der Waals surface area contributed by atoms with Crippen LogP contribution in [0.4, 0.5) is 5.69 Å². The summed E-state index contributed by atoms with van der Waals surface area (Å²) in [5.41, 5.74) is 2.87. The van der Waals surface area contributed by atoms with Gasteiger partial charge in [-0.25, -0.2) is 0 Å². The largest absolute Gasteiger partial charge is 0.490 e. The van der Waals surface area contributed by atoms with Crippen LogP contribution in [0.25, 0.3) is 0 Å². The molecule has 0 bridgehead atoms. The van der Waals surface area contributed by atoms with Crippen LogP contribution < -0.4 is 14.8 Å². The zero-order chi connectivity index (χ0) is 12.2. The first-order chi connectivity index (χ1) is 8.92.